The molecule has 84 valence electrons. The van der Waals surface area contributed by atoms with E-state index in [9.17, 15) is 0 Å². The molecule has 0 saturated heterocycles. The summed E-state index contributed by atoms with van der Waals surface area (Å²) in [6.07, 6.45) is 1.10. The Morgan fingerprint density at radius 1 is 1.00 bits per heavy atom. The van der Waals surface area contributed by atoms with Gasteiger partial charge in [-0.3, -0.25) is 0 Å². The lowest BCUT2D eigenvalue weighted by Crippen LogP contribution is -2.10. The van der Waals surface area contributed by atoms with Gasteiger partial charge >= 0.3 is 0 Å². The fourth-order valence-corrected chi connectivity index (χ4v) is 2.27. The summed E-state index contributed by atoms with van der Waals surface area (Å²) in [4.78, 5) is 0.554. The minimum atomic E-state index is 0.554. The second-order valence-corrected chi connectivity index (χ2v) is 5.78. The lowest BCUT2D eigenvalue weighted by molar-refractivity contribution is 0.614. The van der Waals surface area contributed by atoms with Gasteiger partial charge in [-0.05, 0) is 28.7 Å². The lowest BCUT2D eigenvalue weighted by atomic mass is 9.97. The van der Waals surface area contributed by atoms with E-state index in [1.54, 1.807) is 0 Å². The molecule has 0 fully saturated rings. The van der Waals surface area contributed by atoms with Crippen LogP contribution in [0.1, 0.15) is 19.4 Å². The zero-order valence-corrected chi connectivity index (χ0v) is 11.4. The summed E-state index contributed by atoms with van der Waals surface area (Å²) in [6.45, 7) is 4.51. The van der Waals surface area contributed by atoms with Gasteiger partial charge in [0.05, 0.1) is 0 Å². The minimum absolute atomic E-state index is 0.554. The number of rotatable bonds is 3. The van der Waals surface area contributed by atoms with Crippen LogP contribution in [0.25, 0.3) is 10.8 Å². The second kappa shape index (κ2) is 5.01. The third kappa shape index (κ3) is 2.46. The molecule has 2 rings (SSSR count). The van der Waals surface area contributed by atoms with E-state index in [1.165, 1.54) is 16.3 Å². The van der Waals surface area contributed by atoms with Gasteiger partial charge in [0.1, 0.15) is 0 Å². The molecule has 1 heteroatoms. The molecule has 1 unspecified atom stereocenters. The number of halogens is 1. The van der Waals surface area contributed by atoms with Crippen LogP contribution in [0.5, 0.6) is 0 Å². The highest BCUT2D eigenvalue weighted by atomic mass is 79.9. The predicted octanol–water partition coefficient (Wildman–Crippen LogP) is 4.80. The second-order valence-electron chi connectivity index (χ2n) is 4.60. The number of fused-ring (bicyclic) bond motifs is 1. The summed E-state index contributed by atoms with van der Waals surface area (Å²) >= 11 is 3.76. The number of hydrogen-bond acceptors (Lipinski definition) is 0. The van der Waals surface area contributed by atoms with Crippen LogP contribution in [0.2, 0.25) is 0 Å². The van der Waals surface area contributed by atoms with Gasteiger partial charge in [0.2, 0.25) is 0 Å². The molecule has 0 spiro atoms. The quantitative estimate of drug-likeness (QED) is 0.707. The third-order valence-electron chi connectivity index (χ3n) is 3.02. The van der Waals surface area contributed by atoms with Crippen LogP contribution >= 0.6 is 15.9 Å². The van der Waals surface area contributed by atoms with Crippen molar-refractivity contribution in [1.29, 1.82) is 0 Å². The Labute approximate surface area is 106 Å². The van der Waals surface area contributed by atoms with E-state index in [1.807, 2.05) is 0 Å². The van der Waals surface area contributed by atoms with Crippen molar-refractivity contribution in [3.05, 3.63) is 48.0 Å². The molecular weight excluding hydrogens is 260 g/mol. The Bertz CT molecular complexity index is 468. The van der Waals surface area contributed by atoms with E-state index in [2.05, 4.69) is 72.2 Å². The first kappa shape index (κ1) is 11.7. The summed E-state index contributed by atoms with van der Waals surface area (Å²) in [5, 5.41) is 2.72. The standard InChI is InChI=1S/C15H17Br/c1-11(2)15(16)10-13-8-5-7-12-6-3-4-9-14(12)13/h3-9,11,15H,10H2,1-2H3. The molecule has 2 aromatic rings. The van der Waals surface area contributed by atoms with Crippen molar-refractivity contribution in [2.75, 3.05) is 0 Å². The van der Waals surface area contributed by atoms with Gasteiger partial charge in [-0.15, -0.1) is 0 Å². The van der Waals surface area contributed by atoms with Crippen LogP contribution in [0.3, 0.4) is 0 Å². The van der Waals surface area contributed by atoms with Crippen LogP contribution in [0.4, 0.5) is 0 Å². The fourth-order valence-electron chi connectivity index (χ4n) is 1.92. The van der Waals surface area contributed by atoms with Crippen molar-refractivity contribution >= 4 is 26.7 Å². The molecule has 2 aromatic carbocycles. The van der Waals surface area contributed by atoms with Crippen molar-refractivity contribution in [2.24, 2.45) is 5.92 Å². The minimum Gasteiger partial charge on any atom is -0.0884 e. The third-order valence-corrected chi connectivity index (χ3v) is 4.40. The van der Waals surface area contributed by atoms with E-state index in [0.717, 1.165) is 6.42 Å². The zero-order chi connectivity index (χ0) is 11.5. The monoisotopic (exact) mass is 276 g/mol. The van der Waals surface area contributed by atoms with Gasteiger partial charge in [-0.1, -0.05) is 72.2 Å². The molecule has 0 N–H and O–H groups in total. The van der Waals surface area contributed by atoms with Crippen molar-refractivity contribution < 1.29 is 0 Å². The largest absolute Gasteiger partial charge is 0.0884 e. The van der Waals surface area contributed by atoms with Gasteiger partial charge in [0.15, 0.2) is 0 Å². The lowest BCUT2D eigenvalue weighted by Gasteiger charge is -2.15. The Morgan fingerprint density at radius 2 is 1.69 bits per heavy atom. The predicted molar refractivity (Wildman–Crippen MR) is 75.2 cm³/mol. The average Bonchev–Trinajstić information content (AvgIpc) is 2.29. The Balaban J connectivity index is 2.37. The molecule has 0 radical (unpaired) electrons. The maximum absolute atomic E-state index is 3.76. The molecule has 0 aliphatic rings. The summed E-state index contributed by atoms with van der Waals surface area (Å²) in [5.74, 6) is 0.666. The van der Waals surface area contributed by atoms with E-state index in [-0.39, 0.29) is 0 Å². The maximum atomic E-state index is 3.76. The van der Waals surface area contributed by atoms with Crippen molar-refractivity contribution in [3.8, 4) is 0 Å². The Kier molecular flexibility index (Phi) is 3.65. The number of benzene rings is 2. The molecule has 0 nitrogen and oxygen atoms in total. The van der Waals surface area contributed by atoms with Gasteiger partial charge < -0.3 is 0 Å². The molecular formula is C15H17Br. The summed E-state index contributed by atoms with van der Waals surface area (Å²) < 4.78 is 0. The van der Waals surface area contributed by atoms with E-state index >= 15 is 0 Å². The van der Waals surface area contributed by atoms with Crippen LogP contribution in [0, 0.1) is 5.92 Å². The van der Waals surface area contributed by atoms with Crippen LogP contribution in [-0.4, -0.2) is 4.83 Å². The fraction of sp³-hybridized carbons (Fsp3) is 0.333. The normalized spacial score (nSPS) is 13.2. The molecule has 0 saturated carbocycles. The van der Waals surface area contributed by atoms with Crippen molar-refractivity contribution in [1.82, 2.24) is 0 Å². The molecule has 0 aliphatic heterocycles. The molecule has 0 amide bonds. The SMILES string of the molecule is CC(C)C(Br)Cc1cccc2ccccc12. The maximum Gasteiger partial charge on any atom is 0.0209 e. The van der Waals surface area contributed by atoms with Gasteiger partial charge in [0.25, 0.3) is 0 Å². The topological polar surface area (TPSA) is 0 Å². The van der Waals surface area contributed by atoms with Crippen LogP contribution < -0.4 is 0 Å². The average molecular weight is 277 g/mol. The van der Waals surface area contributed by atoms with E-state index in [0.29, 0.717) is 10.7 Å². The summed E-state index contributed by atoms with van der Waals surface area (Å²) in [6, 6.07) is 15.2. The first-order valence-corrected chi connectivity index (χ1v) is 6.71. The zero-order valence-electron chi connectivity index (χ0n) is 9.78. The van der Waals surface area contributed by atoms with Crippen LogP contribution in [0.15, 0.2) is 42.5 Å². The first-order chi connectivity index (χ1) is 7.68. The first-order valence-electron chi connectivity index (χ1n) is 5.79. The van der Waals surface area contributed by atoms with Crippen molar-refractivity contribution in [2.45, 2.75) is 25.1 Å². The summed E-state index contributed by atoms with van der Waals surface area (Å²) in [7, 11) is 0. The van der Waals surface area contributed by atoms with Gasteiger partial charge in [0, 0.05) is 4.83 Å². The highest BCUT2D eigenvalue weighted by molar-refractivity contribution is 9.09. The van der Waals surface area contributed by atoms with E-state index in [4.69, 9.17) is 0 Å². The van der Waals surface area contributed by atoms with Crippen LogP contribution in [-0.2, 0) is 6.42 Å². The van der Waals surface area contributed by atoms with Gasteiger partial charge in [-0.25, -0.2) is 0 Å². The molecule has 16 heavy (non-hydrogen) atoms. The highest BCUT2D eigenvalue weighted by Gasteiger charge is 2.11. The number of hydrogen-bond donors (Lipinski definition) is 0. The van der Waals surface area contributed by atoms with Crippen molar-refractivity contribution in [3.63, 3.8) is 0 Å². The molecule has 0 aliphatic carbocycles. The molecule has 0 heterocycles. The van der Waals surface area contributed by atoms with Gasteiger partial charge in [-0.2, -0.15) is 0 Å². The Hall–Kier alpha value is -0.820. The highest BCUT2D eigenvalue weighted by Crippen LogP contribution is 2.24. The van der Waals surface area contributed by atoms with E-state index < -0.39 is 0 Å². The molecule has 0 bridgehead atoms. The smallest absolute Gasteiger partial charge is 0.0209 e. The summed E-state index contributed by atoms with van der Waals surface area (Å²) in [5.41, 5.74) is 1.44. The Morgan fingerprint density at radius 3 is 2.44 bits per heavy atom. The number of alkyl halides is 1. The molecule has 1 atom stereocenters. The molecule has 0 aromatic heterocycles.